The molecule has 0 saturated carbocycles. The number of halogens is 2. The number of nitrogens with two attached hydrogens (primary N) is 1. The maximum absolute atomic E-state index is 13.7. The van der Waals surface area contributed by atoms with Gasteiger partial charge in [-0.2, -0.15) is 5.10 Å². The van der Waals surface area contributed by atoms with Crippen LogP contribution in [-0.2, 0) is 13.5 Å². The second-order valence-corrected chi connectivity index (χ2v) is 5.05. The number of aryl methyl sites for hydroxylation is 2. The predicted molar refractivity (Wildman–Crippen MR) is 74.3 cm³/mol. The van der Waals surface area contributed by atoms with Crippen LogP contribution in [0.2, 0.25) is 0 Å². The third-order valence-corrected chi connectivity index (χ3v) is 3.73. The summed E-state index contributed by atoms with van der Waals surface area (Å²) in [4.78, 5) is 0. The zero-order valence-corrected chi connectivity index (χ0v) is 12.0. The summed E-state index contributed by atoms with van der Waals surface area (Å²) in [6, 6.07) is 3.16. The highest BCUT2D eigenvalue weighted by Crippen LogP contribution is 2.24. The number of aromatic nitrogens is 2. The van der Waals surface area contributed by atoms with Gasteiger partial charge in [0.05, 0.1) is 5.69 Å². The molecular formula is C15H19F2N3. The average Bonchev–Trinajstić information content (AvgIpc) is 2.61. The van der Waals surface area contributed by atoms with Crippen LogP contribution in [0.1, 0.15) is 35.0 Å². The molecule has 0 aliphatic heterocycles. The molecule has 1 unspecified atom stereocenters. The fourth-order valence-electron chi connectivity index (χ4n) is 2.49. The van der Waals surface area contributed by atoms with Gasteiger partial charge in [-0.25, -0.2) is 8.78 Å². The molecule has 0 bridgehead atoms. The van der Waals surface area contributed by atoms with Gasteiger partial charge in [-0.3, -0.25) is 4.68 Å². The van der Waals surface area contributed by atoms with Crippen molar-refractivity contribution in [2.24, 2.45) is 12.8 Å². The third kappa shape index (κ3) is 2.72. The van der Waals surface area contributed by atoms with Gasteiger partial charge < -0.3 is 5.73 Å². The predicted octanol–water partition coefficient (Wildman–Crippen LogP) is 2.95. The van der Waals surface area contributed by atoms with Crippen LogP contribution >= 0.6 is 0 Å². The van der Waals surface area contributed by atoms with Gasteiger partial charge in [-0.1, -0.05) is 6.07 Å². The lowest BCUT2D eigenvalue weighted by atomic mass is 9.98. The van der Waals surface area contributed by atoms with Gasteiger partial charge in [0.1, 0.15) is 11.6 Å². The average molecular weight is 279 g/mol. The summed E-state index contributed by atoms with van der Waals surface area (Å²) >= 11 is 0. The van der Waals surface area contributed by atoms with Crippen LogP contribution < -0.4 is 5.73 Å². The van der Waals surface area contributed by atoms with Gasteiger partial charge in [0.25, 0.3) is 0 Å². The Morgan fingerprint density at radius 3 is 2.35 bits per heavy atom. The lowest BCUT2D eigenvalue weighted by Gasteiger charge is -2.14. The Balaban J connectivity index is 2.15. The highest BCUT2D eigenvalue weighted by molar-refractivity contribution is 5.26. The summed E-state index contributed by atoms with van der Waals surface area (Å²) in [6.07, 6.45) is 1.13. The molecule has 20 heavy (non-hydrogen) atoms. The maximum Gasteiger partial charge on any atom is 0.130 e. The lowest BCUT2D eigenvalue weighted by molar-refractivity contribution is 0.512. The van der Waals surface area contributed by atoms with Gasteiger partial charge in [-0.15, -0.1) is 0 Å². The van der Waals surface area contributed by atoms with Crippen molar-refractivity contribution in [3.63, 3.8) is 0 Å². The molecule has 0 aliphatic rings. The van der Waals surface area contributed by atoms with Gasteiger partial charge in [0, 0.05) is 24.3 Å². The molecule has 1 aromatic carbocycles. The molecule has 2 N–H and O–H groups in total. The summed E-state index contributed by atoms with van der Waals surface area (Å²) in [5.74, 6) is -1.17. The second-order valence-electron chi connectivity index (χ2n) is 5.05. The Hall–Kier alpha value is -1.75. The SMILES string of the molecule is Cc1nn(C)c(C)c1CCC(N)c1c(F)cccc1F. The molecule has 2 aromatic rings. The van der Waals surface area contributed by atoms with Crippen LogP contribution in [0.3, 0.4) is 0 Å². The second kappa shape index (κ2) is 5.71. The highest BCUT2D eigenvalue weighted by atomic mass is 19.1. The first-order chi connectivity index (χ1) is 9.41. The number of rotatable bonds is 4. The van der Waals surface area contributed by atoms with Crippen LogP contribution in [0, 0.1) is 25.5 Å². The highest BCUT2D eigenvalue weighted by Gasteiger charge is 2.18. The molecule has 0 saturated heterocycles. The molecule has 0 fully saturated rings. The van der Waals surface area contributed by atoms with Crippen molar-refractivity contribution in [3.8, 4) is 0 Å². The van der Waals surface area contributed by atoms with Crippen LogP contribution in [0.4, 0.5) is 8.78 Å². The third-order valence-electron chi connectivity index (χ3n) is 3.73. The molecule has 5 heteroatoms. The normalized spacial score (nSPS) is 12.7. The summed E-state index contributed by atoms with van der Waals surface area (Å²) in [5, 5.41) is 4.32. The first-order valence-electron chi connectivity index (χ1n) is 6.60. The zero-order valence-electron chi connectivity index (χ0n) is 12.0. The van der Waals surface area contributed by atoms with E-state index in [9.17, 15) is 8.78 Å². The number of hydrogen-bond donors (Lipinski definition) is 1. The van der Waals surface area contributed by atoms with Crippen molar-refractivity contribution in [1.82, 2.24) is 9.78 Å². The first kappa shape index (κ1) is 14.7. The molecule has 1 aromatic heterocycles. The van der Waals surface area contributed by atoms with E-state index in [-0.39, 0.29) is 5.56 Å². The van der Waals surface area contributed by atoms with E-state index in [2.05, 4.69) is 5.10 Å². The topological polar surface area (TPSA) is 43.8 Å². The van der Waals surface area contributed by atoms with Crippen molar-refractivity contribution in [2.75, 3.05) is 0 Å². The molecule has 3 nitrogen and oxygen atoms in total. The molecule has 0 amide bonds. The minimum Gasteiger partial charge on any atom is -0.324 e. The Morgan fingerprint density at radius 2 is 1.85 bits per heavy atom. The maximum atomic E-state index is 13.7. The van der Waals surface area contributed by atoms with Crippen molar-refractivity contribution in [2.45, 2.75) is 32.7 Å². The standard InChI is InChI=1S/C15H19F2N3/c1-9-11(10(2)20(3)19-9)7-8-14(18)15-12(16)5-4-6-13(15)17/h4-6,14H,7-8,18H2,1-3H3. The van der Waals surface area contributed by atoms with Crippen molar-refractivity contribution in [3.05, 3.63) is 52.3 Å². The van der Waals surface area contributed by atoms with E-state index in [4.69, 9.17) is 5.73 Å². The zero-order chi connectivity index (χ0) is 14.9. The summed E-state index contributed by atoms with van der Waals surface area (Å²) in [6.45, 7) is 3.90. The summed E-state index contributed by atoms with van der Waals surface area (Å²) < 4.78 is 29.1. The lowest BCUT2D eigenvalue weighted by Crippen LogP contribution is -2.15. The van der Waals surface area contributed by atoms with Crippen molar-refractivity contribution >= 4 is 0 Å². The largest absolute Gasteiger partial charge is 0.324 e. The molecule has 108 valence electrons. The fraction of sp³-hybridized carbons (Fsp3) is 0.400. The smallest absolute Gasteiger partial charge is 0.130 e. The molecule has 1 heterocycles. The minimum absolute atomic E-state index is 0.0355. The van der Waals surface area contributed by atoms with E-state index in [0.29, 0.717) is 12.8 Å². The van der Waals surface area contributed by atoms with Crippen LogP contribution in [0.15, 0.2) is 18.2 Å². The molecule has 0 radical (unpaired) electrons. The van der Waals surface area contributed by atoms with E-state index < -0.39 is 17.7 Å². The Labute approximate surface area is 117 Å². The quantitative estimate of drug-likeness (QED) is 0.935. The van der Waals surface area contributed by atoms with Crippen molar-refractivity contribution in [1.29, 1.82) is 0 Å². The summed E-state index contributed by atoms with van der Waals surface area (Å²) in [7, 11) is 1.88. The van der Waals surface area contributed by atoms with E-state index in [0.717, 1.165) is 17.0 Å². The van der Waals surface area contributed by atoms with Crippen LogP contribution in [0.5, 0.6) is 0 Å². The van der Waals surface area contributed by atoms with E-state index >= 15 is 0 Å². The van der Waals surface area contributed by atoms with Crippen LogP contribution in [-0.4, -0.2) is 9.78 Å². The van der Waals surface area contributed by atoms with E-state index in [1.54, 1.807) is 4.68 Å². The number of nitrogens with zero attached hydrogens (tertiary/aromatic N) is 2. The number of benzene rings is 1. The van der Waals surface area contributed by atoms with Crippen LogP contribution in [0.25, 0.3) is 0 Å². The molecule has 1 atom stereocenters. The molecule has 0 aliphatic carbocycles. The molecular weight excluding hydrogens is 260 g/mol. The summed E-state index contributed by atoms with van der Waals surface area (Å²) in [5.41, 5.74) is 9.00. The minimum atomic E-state index is -0.657. The first-order valence-corrected chi connectivity index (χ1v) is 6.60. The van der Waals surface area contributed by atoms with Crippen molar-refractivity contribution < 1.29 is 8.78 Å². The van der Waals surface area contributed by atoms with Gasteiger partial charge >= 0.3 is 0 Å². The van der Waals surface area contributed by atoms with Gasteiger partial charge in [0.2, 0.25) is 0 Å². The molecule has 2 rings (SSSR count). The molecule has 0 spiro atoms. The van der Waals surface area contributed by atoms with E-state index in [1.807, 2.05) is 20.9 Å². The monoisotopic (exact) mass is 279 g/mol. The Morgan fingerprint density at radius 1 is 1.25 bits per heavy atom. The van der Waals surface area contributed by atoms with Gasteiger partial charge in [0.15, 0.2) is 0 Å². The number of hydrogen-bond acceptors (Lipinski definition) is 2. The Kier molecular flexibility index (Phi) is 4.18. The van der Waals surface area contributed by atoms with E-state index in [1.165, 1.54) is 18.2 Å². The van der Waals surface area contributed by atoms with Gasteiger partial charge in [-0.05, 0) is 44.4 Å². The Bertz CT molecular complexity index is 600. The fourth-order valence-corrected chi connectivity index (χ4v) is 2.49.